The number of thiazole rings is 1. The zero-order valence-corrected chi connectivity index (χ0v) is 15.3. The van der Waals surface area contributed by atoms with Gasteiger partial charge in [-0.3, -0.25) is 4.79 Å². The van der Waals surface area contributed by atoms with E-state index in [1.807, 2.05) is 37.3 Å². The number of alkyl halides is 3. The van der Waals surface area contributed by atoms with Gasteiger partial charge in [0.2, 0.25) is 0 Å². The van der Waals surface area contributed by atoms with Gasteiger partial charge < -0.3 is 5.32 Å². The summed E-state index contributed by atoms with van der Waals surface area (Å²) < 4.78 is 38.3. The average molecular weight is 390 g/mol. The van der Waals surface area contributed by atoms with Crippen molar-refractivity contribution in [2.24, 2.45) is 0 Å². The number of benzene rings is 2. The molecule has 27 heavy (non-hydrogen) atoms. The number of carbonyl (C=O) groups excluding carboxylic acids is 1. The summed E-state index contributed by atoms with van der Waals surface area (Å²) in [4.78, 5) is 17.7. The van der Waals surface area contributed by atoms with Gasteiger partial charge in [0.1, 0.15) is 5.01 Å². The summed E-state index contributed by atoms with van der Waals surface area (Å²) in [5.74, 6) is -0.522. The Morgan fingerprint density at radius 1 is 1.11 bits per heavy atom. The first kappa shape index (κ1) is 19.1. The van der Waals surface area contributed by atoms with Crippen molar-refractivity contribution in [1.29, 1.82) is 0 Å². The van der Waals surface area contributed by atoms with Crippen molar-refractivity contribution in [2.45, 2.75) is 19.5 Å². The molecule has 0 aliphatic heterocycles. The monoisotopic (exact) mass is 390 g/mol. The van der Waals surface area contributed by atoms with Crippen LogP contribution in [0.2, 0.25) is 0 Å². The van der Waals surface area contributed by atoms with Crippen LogP contribution in [-0.2, 0) is 12.6 Å². The molecule has 3 aromatic rings. The third-order valence-electron chi connectivity index (χ3n) is 4.00. The molecule has 0 unspecified atom stereocenters. The number of aryl methyl sites for hydroxylation is 1. The molecule has 7 heteroatoms. The summed E-state index contributed by atoms with van der Waals surface area (Å²) in [6.07, 6.45) is -3.90. The lowest BCUT2D eigenvalue weighted by Gasteiger charge is -2.09. The molecule has 0 fully saturated rings. The number of aromatic nitrogens is 1. The number of amides is 1. The first-order chi connectivity index (χ1) is 12.8. The van der Waals surface area contributed by atoms with Gasteiger partial charge >= 0.3 is 6.18 Å². The highest BCUT2D eigenvalue weighted by Crippen LogP contribution is 2.30. The summed E-state index contributed by atoms with van der Waals surface area (Å²) in [7, 11) is 0. The van der Waals surface area contributed by atoms with Crippen LogP contribution in [0.3, 0.4) is 0 Å². The summed E-state index contributed by atoms with van der Waals surface area (Å²) in [5.41, 5.74) is 1.09. The molecule has 140 valence electrons. The fourth-order valence-corrected chi connectivity index (χ4v) is 3.66. The lowest BCUT2D eigenvalue weighted by molar-refractivity contribution is -0.137. The summed E-state index contributed by atoms with van der Waals surface area (Å²) in [5, 5.41) is 3.58. The highest BCUT2D eigenvalue weighted by Gasteiger charge is 2.30. The number of nitrogens with zero attached hydrogens (tertiary/aromatic N) is 1. The van der Waals surface area contributed by atoms with Crippen molar-refractivity contribution in [3.05, 3.63) is 76.3 Å². The lowest BCUT2D eigenvalue weighted by atomic mass is 10.1. The SMILES string of the molecule is Cc1nc(-c2ccccc2)sc1CCNC(=O)c1cccc(C(F)(F)F)c1. The Balaban J connectivity index is 1.62. The maximum Gasteiger partial charge on any atom is 0.416 e. The molecule has 0 saturated carbocycles. The highest BCUT2D eigenvalue weighted by atomic mass is 32.1. The van der Waals surface area contributed by atoms with E-state index in [9.17, 15) is 18.0 Å². The van der Waals surface area contributed by atoms with Crippen LogP contribution >= 0.6 is 11.3 Å². The number of halogens is 3. The highest BCUT2D eigenvalue weighted by molar-refractivity contribution is 7.15. The van der Waals surface area contributed by atoms with Gasteiger partial charge in [0, 0.05) is 29.0 Å². The Bertz CT molecular complexity index is 936. The molecule has 1 aromatic heterocycles. The minimum atomic E-state index is -4.47. The number of nitrogens with one attached hydrogen (secondary N) is 1. The maximum atomic E-state index is 12.8. The molecule has 0 saturated heterocycles. The lowest BCUT2D eigenvalue weighted by Crippen LogP contribution is -2.26. The fourth-order valence-electron chi connectivity index (χ4n) is 2.59. The van der Waals surface area contributed by atoms with Gasteiger partial charge in [0.15, 0.2) is 0 Å². The number of hydrogen-bond acceptors (Lipinski definition) is 3. The van der Waals surface area contributed by atoms with E-state index < -0.39 is 17.6 Å². The fraction of sp³-hybridized carbons (Fsp3) is 0.200. The van der Waals surface area contributed by atoms with Crippen molar-refractivity contribution < 1.29 is 18.0 Å². The Hall–Kier alpha value is -2.67. The topological polar surface area (TPSA) is 42.0 Å². The Morgan fingerprint density at radius 2 is 1.85 bits per heavy atom. The molecule has 1 heterocycles. The Kier molecular flexibility index (Phi) is 5.60. The third kappa shape index (κ3) is 4.74. The van der Waals surface area contributed by atoms with Crippen LogP contribution in [-0.4, -0.2) is 17.4 Å². The zero-order chi connectivity index (χ0) is 19.4. The molecular formula is C20H17F3N2OS. The smallest absolute Gasteiger partial charge is 0.352 e. The first-order valence-electron chi connectivity index (χ1n) is 8.32. The van der Waals surface area contributed by atoms with E-state index in [0.717, 1.165) is 33.3 Å². The molecule has 1 amide bonds. The van der Waals surface area contributed by atoms with Gasteiger partial charge in [-0.2, -0.15) is 13.2 Å². The largest absolute Gasteiger partial charge is 0.416 e. The minimum Gasteiger partial charge on any atom is -0.352 e. The molecule has 0 spiro atoms. The number of rotatable bonds is 5. The van der Waals surface area contributed by atoms with E-state index in [4.69, 9.17) is 0 Å². The summed E-state index contributed by atoms with van der Waals surface area (Å²) in [6.45, 7) is 2.24. The predicted octanol–water partition coefficient (Wildman–Crippen LogP) is 5.11. The van der Waals surface area contributed by atoms with E-state index in [2.05, 4.69) is 10.3 Å². The Labute approximate surface area is 158 Å². The van der Waals surface area contributed by atoms with Crippen LogP contribution in [0, 0.1) is 6.92 Å². The van der Waals surface area contributed by atoms with Gasteiger partial charge in [-0.15, -0.1) is 11.3 Å². The van der Waals surface area contributed by atoms with Crippen LogP contribution in [0.15, 0.2) is 54.6 Å². The van der Waals surface area contributed by atoms with E-state index in [-0.39, 0.29) is 5.56 Å². The normalized spacial score (nSPS) is 11.4. The molecule has 3 nitrogen and oxygen atoms in total. The standard InChI is InChI=1S/C20H17F3N2OS/c1-13-17(27-19(25-13)14-6-3-2-4-7-14)10-11-24-18(26)15-8-5-9-16(12-15)20(21,22)23/h2-9,12H,10-11H2,1H3,(H,24,26). The van der Waals surface area contributed by atoms with Crippen molar-refractivity contribution in [1.82, 2.24) is 10.3 Å². The summed E-state index contributed by atoms with van der Waals surface area (Å²) >= 11 is 1.55. The van der Waals surface area contributed by atoms with Crippen LogP contribution in [0.5, 0.6) is 0 Å². The summed E-state index contributed by atoms with van der Waals surface area (Å²) in [6, 6.07) is 14.2. The van der Waals surface area contributed by atoms with Crippen LogP contribution in [0.4, 0.5) is 13.2 Å². The first-order valence-corrected chi connectivity index (χ1v) is 9.13. The Morgan fingerprint density at radius 3 is 2.56 bits per heavy atom. The second kappa shape index (κ2) is 7.92. The molecule has 0 radical (unpaired) electrons. The van der Waals surface area contributed by atoms with Gasteiger partial charge in [0.05, 0.1) is 11.3 Å². The predicted molar refractivity (Wildman–Crippen MR) is 99.8 cm³/mol. The van der Waals surface area contributed by atoms with E-state index in [1.165, 1.54) is 12.1 Å². The molecule has 0 atom stereocenters. The second-order valence-electron chi connectivity index (χ2n) is 5.98. The number of carbonyl (C=O) groups is 1. The molecule has 3 rings (SSSR count). The number of hydrogen-bond donors (Lipinski definition) is 1. The minimum absolute atomic E-state index is 0.00386. The van der Waals surface area contributed by atoms with Gasteiger partial charge in [-0.05, 0) is 25.1 Å². The van der Waals surface area contributed by atoms with E-state index in [1.54, 1.807) is 11.3 Å². The third-order valence-corrected chi connectivity index (χ3v) is 5.27. The van der Waals surface area contributed by atoms with Gasteiger partial charge in [0.25, 0.3) is 5.91 Å². The molecule has 0 aliphatic rings. The van der Waals surface area contributed by atoms with Crippen molar-refractivity contribution in [2.75, 3.05) is 6.54 Å². The molecular weight excluding hydrogens is 373 g/mol. The van der Waals surface area contributed by atoms with Gasteiger partial charge in [-0.1, -0.05) is 36.4 Å². The van der Waals surface area contributed by atoms with Crippen LogP contribution < -0.4 is 5.32 Å². The van der Waals surface area contributed by atoms with Gasteiger partial charge in [-0.25, -0.2) is 4.98 Å². The maximum absolute atomic E-state index is 12.8. The van der Waals surface area contributed by atoms with E-state index >= 15 is 0 Å². The second-order valence-corrected chi connectivity index (χ2v) is 7.06. The van der Waals surface area contributed by atoms with Crippen molar-refractivity contribution in [3.63, 3.8) is 0 Å². The van der Waals surface area contributed by atoms with Crippen LogP contribution in [0.25, 0.3) is 10.6 Å². The van der Waals surface area contributed by atoms with E-state index in [0.29, 0.717) is 13.0 Å². The van der Waals surface area contributed by atoms with Crippen molar-refractivity contribution >= 4 is 17.2 Å². The van der Waals surface area contributed by atoms with Crippen molar-refractivity contribution in [3.8, 4) is 10.6 Å². The molecule has 0 aliphatic carbocycles. The van der Waals surface area contributed by atoms with Crippen LogP contribution in [0.1, 0.15) is 26.5 Å². The zero-order valence-electron chi connectivity index (χ0n) is 14.5. The average Bonchev–Trinajstić information content (AvgIpc) is 3.02. The molecule has 2 aromatic carbocycles. The molecule has 1 N–H and O–H groups in total. The quantitative estimate of drug-likeness (QED) is 0.658. The molecule has 0 bridgehead atoms.